The number of amides is 2. The van der Waals surface area contributed by atoms with Gasteiger partial charge in [0.25, 0.3) is 5.91 Å². The number of carbonyl (C=O) groups is 2. The van der Waals surface area contributed by atoms with E-state index < -0.39 is 23.4 Å². The molecule has 2 amide bonds. The fourth-order valence-corrected chi connectivity index (χ4v) is 2.98. The largest absolute Gasteiger partial charge is 0.459 e. The Morgan fingerprint density at radius 2 is 2.04 bits per heavy atom. The normalized spacial score (nSPS) is 10.5. The van der Waals surface area contributed by atoms with E-state index in [-0.39, 0.29) is 12.3 Å². The Balaban J connectivity index is 1.52. The average molecular weight is 377 g/mol. The second-order valence-electron chi connectivity index (χ2n) is 5.27. The molecule has 0 fully saturated rings. The van der Waals surface area contributed by atoms with E-state index in [1.165, 1.54) is 29.7 Å². The monoisotopic (exact) mass is 377 g/mol. The van der Waals surface area contributed by atoms with Gasteiger partial charge in [0, 0.05) is 17.5 Å². The number of furan rings is 1. The number of nitrogens with zero attached hydrogens (tertiary/aromatic N) is 1. The molecule has 2 aromatic heterocycles. The van der Waals surface area contributed by atoms with Crippen molar-refractivity contribution in [2.75, 3.05) is 11.9 Å². The maximum Gasteiger partial charge on any atom is 0.287 e. The smallest absolute Gasteiger partial charge is 0.287 e. The average Bonchev–Trinajstić information content (AvgIpc) is 3.28. The van der Waals surface area contributed by atoms with Gasteiger partial charge in [0.2, 0.25) is 5.91 Å². The molecule has 6 nitrogen and oxygen atoms in total. The minimum atomic E-state index is -0.909. The van der Waals surface area contributed by atoms with Gasteiger partial charge in [-0.3, -0.25) is 9.59 Å². The first-order valence-electron chi connectivity index (χ1n) is 7.51. The summed E-state index contributed by atoms with van der Waals surface area (Å²) in [6.07, 6.45) is 3.27. The van der Waals surface area contributed by atoms with Crippen molar-refractivity contribution in [2.24, 2.45) is 0 Å². The summed E-state index contributed by atoms with van der Waals surface area (Å²) in [5.41, 5.74) is 0.594. The summed E-state index contributed by atoms with van der Waals surface area (Å²) < 4.78 is 31.1. The highest BCUT2D eigenvalue weighted by Crippen LogP contribution is 2.22. The van der Waals surface area contributed by atoms with Crippen LogP contribution in [-0.4, -0.2) is 23.3 Å². The van der Waals surface area contributed by atoms with Crippen LogP contribution in [0, 0.1) is 11.6 Å². The van der Waals surface area contributed by atoms with Crippen molar-refractivity contribution in [2.45, 2.75) is 6.42 Å². The third kappa shape index (κ3) is 4.51. The molecule has 2 N–H and O–H groups in total. The number of halogens is 2. The van der Waals surface area contributed by atoms with Gasteiger partial charge in [-0.2, -0.15) is 0 Å². The first-order valence-corrected chi connectivity index (χ1v) is 8.33. The molecule has 3 aromatic rings. The van der Waals surface area contributed by atoms with Crippen molar-refractivity contribution < 1.29 is 22.8 Å². The van der Waals surface area contributed by atoms with E-state index in [1.807, 2.05) is 0 Å². The number of nitrogens with one attached hydrogen (secondary N) is 2. The first-order chi connectivity index (χ1) is 12.5. The van der Waals surface area contributed by atoms with Gasteiger partial charge < -0.3 is 15.1 Å². The number of hydrogen-bond acceptors (Lipinski definition) is 5. The molecule has 0 radical (unpaired) electrons. The number of carbonyl (C=O) groups excluding carboxylic acids is 2. The summed E-state index contributed by atoms with van der Waals surface area (Å²) in [7, 11) is 0. The molecular formula is C17H13F2N3O3S. The number of anilines is 1. The molecule has 0 spiro atoms. The van der Waals surface area contributed by atoms with Crippen molar-refractivity contribution in [3.8, 4) is 0 Å². The lowest BCUT2D eigenvalue weighted by atomic mass is 10.1. The molecule has 0 aliphatic rings. The minimum absolute atomic E-state index is 0.112. The highest BCUT2D eigenvalue weighted by molar-refractivity contribution is 7.15. The van der Waals surface area contributed by atoms with Crippen LogP contribution < -0.4 is 10.6 Å². The van der Waals surface area contributed by atoms with Gasteiger partial charge in [-0.25, -0.2) is 13.8 Å². The maximum atomic E-state index is 13.2. The second-order valence-corrected chi connectivity index (χ2v) is 6.38. The zero-order valence-electron chi connectivity index (χ0n) is 13.3. The first kappa shape index (κ1) is 17.7. The zero-order valence-corrected chi connectivity index (χ0v) is 14.1. The van der Waals surface area contributed by atoms with Crippen LogP contribution in [0.1, 0.15) is 21.0 Å². The van der Waals surface area contributed by atoms with Crippen molar-refractivity contribution in [1.82, 2.24) is 10.3 Å². The lowest BCUT2D eigenvalue weighted by Gasteiger charge is -2.03. The molecule has 2 heterocycles. The predicted molar refractivity (Wildman–Crippen MR) is 90.9 cm³/mol. The van der Waals surface area contributed by atoms with E-state index in [4.69, 9.17) is 4.42 Å². The van der Waals surface area contributed by atoms with Gasteiger partial charge in [0.1, 0.15) is 0 Å². The van der Waals surface area contributed by atoms with Crippen LogP contribution in [0.15, 0.2) is 47.2 Å². The van der Waals surface area contributed by atoms with Crippen LogP contribution in [0.2, 0.25) is 0 Å². The summed E-state index contributed by atoms with van der Waals surface area (Å²) >= 11 is 1.21. The van der Waals surface area contributed by atoms with E-state index in [0.29, 0.717) is 17.1 Å². The number of hydrogen-bond donors (Lipinski definition) is 2. The summed E-state index contributed by atoms with van der Waals surface area (Å²) in [5, 5.41) is 5.32. The zero-order chi connectivity index (χ0) is 18.5. The second kappa shape index (κ2) is 7.87. The molecule has 0 unspecified atom stereocenters. The number of benzene rings is 1. The SMILES string of the molecule is O=C(CNC(=O)c1ccco1)Nc1ncc(Cc2ccc(F)c(F)c2)s1. The Labute approximate surface area is 150 Å². The fourth-order valence-electron chi connectivity index (χ4n) is 2.12. The van der Waals surface area contributed by atoms with Crippen LogP contribution in [0.3, 0.4) is 0 Å². The maximum absolute atomic E-state index is 13.2. The minimum Gasteiger partial charge on any atom is -0.459 e. The highest BCUT2D eigenvalue weighted by Gasteiger charge is 2.12. The Morgan fingerprint density at radius 1 is 1.19 bits per heavy atom. The van der Waals surface area contributed by atoms with Crippen LogP contribution in [-0.2, 0) is 11.2 Å². The van der Waals surface area contributed by atoms with Crippen molar-refractivity contribution in [3.63, 3.8) is 0 Å². The van der Waals surface area contributed by atoms with Gasteiger partial charge in [-0.1, -0.05) is 6.07 Å². The van der Waals surface area contributed by atoms with Crippen LogP contribution in [0.4, 0.5) is 13.9 Å². The van der Waals surface area contributed by atoms with Crippen LogP contribution in [0.5, 0.6) is 0 Å². The molecule has 0 saturated heterocycles. The van der Waals surface area contributed by atoms with Crippen LogP contribution >= 0.6 is 11.3 Å². The van der Waals surface area contributed by atoms with Gasteiger partial charge in [-0.05, 0) is 29.8 Å². The quantitative estimate of drug-likeness (QED) is 0.692. The molecule has 0 atom stereocenters. The topological polar surface area (TPSA) is 84.2 Å². The Bertz CT molecular complexity index is 925. The lowest BCUT2D eigenvalue weighted by Crippen LogP contribution is -2.32. The third-order valence-corrected chi connectivity index (χ3v) is 4.23. The highest BCUT2D eigenvalue weighted by atomic mass is 32.1. The van der Waals surface area contributed by atoms with Gasteiger partial charge in [-0.15, -0.1) is 11.3 Å². The predicted octanol–water partition coefficient (Wildman–Crippen LogP) is 2.97. The molecule has 0 aliphatic carbocycles. The van der Waals surface area contributed by atoms with E-state index in [2.05, 4.69) is 15.6 Å². The van der Waals surface area contributed by atoms with E-state index in [9.17, 15) is 18.4 Å². The number of thiazole rings is 1. The molecule has 0 aliphatic heterocycles. The van der Waals surface area contributed by atoms with Gasteiger partial charge in [0.15, 0.2) is 22.5 Å². The number of rotatable bonds is 6. The molecule has 0 bridgehead atoms. The lowest BCUT2D eigenvalue weighted by molar-refractivity contribution is -0.115. The summed E-state index contributed by atoms with van der Waals surface area (Å²) in [5.74, 6) is -2.64. The number of aromatic nitrogens is 1. The molecule has 9 heteroatoms. The molecule has 26 heavy (non-hydrogen) atoms. The van der Waals surface area contributed by atoms with E-state index in [0.717, 1.165) is 17.0 Å². The molecule has 1 aromatic carbocycles. The van der Waals surface area contributed by atoms with Crippen molar-refractivity contribution in [1.29, 1.82) is 0 Å². The van der Waals surface area contributed by atoms with Crippen LogP contribution in [0.25, 0.3) is 0 Å². The third-order valence-electron chi connectivity index (χ3n) is 3.32. The molecule has 0 saturated carbocycles. The summed E-state index contributed by atoms with van der Waals surface area (Å²) in [4.78, 5) is 28.3. The molecule has 3 rings (SSSR count). The van der Waals surface area contributed by atoms with E-state index >= 15 is 0 Å². The summed E-state index contributed by atoms with van der Waals surface area (Å²) in [6, 6.07) is 6.73. The Hall–Kier alpha value is -3.07. The Morgan fingerprint density at radius 3 is 2.77 bits per heavy atom. The fraction of sp³-hybridized carbons (Fsp3) is 0.118. The molecule has 134 valence electrons. The van der Waals surface area contributed by atoms with E-state index in [1.54, 1.807) is 12.3 Å². The van der Waals surface area contributed by atoms with Gasteiger partial charge in [0.05, 0.1) is 12.8 Å². The van der Waals surface area contributed by atoms with Gasteiger partial charge >= 0.3 is 0 Å². The van der Waals surface area contributed by atoms with Crippen molar-refractivity contribution in [3.05, 3.63) is 70.6 Å². The standard InChI is InChI=1S/C17H13F2N3O3S/c18-12-4-3-10(7-13(12)19)6-11-8-21-17(26-11)22-15(23)9-20-16(24)14-2-1-5-25-14/h1-5,7-8H,6,9H2,(H,20,24)(H,21,22,23). The molecular weight excluding hydrogens is 364 g/mol. The Kier molecular flexibility index (Phi) is 5.37. The summed E-state index contributed by atoms with van der Waals surface area (Å²) in [6.45, 7) is -0.238. The van der Waals surface area contributed by atoms with Crippen molar-refractivity contribution >= 4 is 28.3 Å².